The Morgan fingerprint density at radius 1 is 1.20 bits per heavy atom. The van der Waals surface area contributed by atoms with Crippen LogP contribution in [0.5, 0.6) is 5.75 Å². The Hall–Kier alpha value is -2.31. The summed E-state index contributed by atoms with van der Waals surface area (Å²) >= 11 is 0. The second-order valence-electron chi connectivity index (χ2n) is 4.40. The van der Waals surface area contributed by atoms with Gasteiger partial charge in [0, 0.05) is 24.4 Å². The molecular weight excluding hydrogens is 250 g/mol. The van der Waals surface area contributed by atoms with E-state index in [4.69, 9.17) is 9.84 Å². The normalized spacial score (nSPS) is 9.70. The molecule has 0 saturated heterocycles. The van der Waals surface area contributed by atoms with Gasteiger partial charge < -0.3 is 9.84 Å². The van der Waals surface area contributed by atoms with Crippen molar-refractivity contribution >= 4 is 0 Å². The van der Waals surface area contributed by atoms with Crippen LogP contribution >= 0.6 is 0 Å². The van der Waals surface area contributed by atoms with Crippen LogP contribution in [-0.2, 0) is 6.61 Å². The van der Waals surface area contributed by atoms with Gasteiger partial charge in [-0.15, -0.1) is 0 Å². The van der Waals surface area contributed by atoms with Crippen LogP contribution in [0.3, 0.4) is 0 Å². The maximum Gasteiger partial charge on any atom is 0.120 e. The molecule has 2 rings (SSSR count). The number of hydrogen-bond donors (Lipinski definition) is 1. The van der Waals surface area contributed by atoms with Crippen molar-refractivity contribution in [3.63, 3.8) is 0 Å². The molecule has 0 aliphatic rings. The predicted molar refractivity (Wildman–Crippen MR) is 78.3 cm³/mol. The molecule has 20 heavy (non-hydrogen) atoms. The van der Waals surface area contributed by atoms with Crippen LogP contribution in [0.4, 0.5) is 0 Å². The minimum absolute atomic E-state index is 0.0964. The van der Waals surface area contributed by atoms with Crippen LogP contribution in [0, 0.1) is 18.8 Å². The second kappa shape index (κ2) is 7.32. The molecule has 1 heterocycles. The van der Waals surface area contributed by atoms with E-state index in [2.05, 4.69) is 16.8 Å². The average molecular weight is 267 g/mol. The third kappa shape index (κ3) is 4.11. The van der Waals surface area contributed by atoms with Crippen LogP contribution in [0.15, 0.2) is 42.7 Å². The number of aryl methyl sites for hydroxylation is 1. The van der Waals surface area contributed by atoms with Crippen molar-refractivity contribution in [1.82, 2.24) is 4.98 Å². The van der Waals surface area contributed by atoms with Gasteiger partial charge in [-0.1, -0.05) is 11.8 Å². The highest BCUT2D eigenvalue weighted by molar-refractivity contribution is 5.44. The Bertz CT molecular complexity index is 612. The molecule has 3 heteroatoms. The van der Waals surface area contributed by atoms with Gasteiger partial charge in [0.05, 0.1) is 6.61 Å². The van der Waals surface area contributed by atoms with Crippen LogP contribution < -0.4 is 4.74 Å². The fourth-order valence-corrected chi connectivity index (χ4v) is 1.73. The van der Waals surface area contributed by atoms with E-state index >= 15 is 0 Å². The Labute approximate surface area is 119 Å². The number of pyridine rings is 1. The lowest BCUT2D eigenvalue weighted by Gasteiger charge is -2.07. The Kier molecular flexibility index (Phi) is 5.16. The van der Waals surface area contributed by atoms with Crippen molar-refractivity contribution in [1.29, 1.82) is 0 Å². The summed E-state index contributed by atoms with van der Waals surface area (Å²) in [5.74, 6) is 6.79. The lowest BCUT2D eigenvalue weighted by Crippen LogP contribution is -1.96. The molecule has 2 aromatic rings. The summed E-state index contributed by atoms with van der Waals surface area (Å²) in [5.41, 5.74) is 3.13. The molecule has 1 aromatic carbocycles. The molecule has 0 amide bonds. The largest absolute Gasteiger partial charge is 0.489 e. The van der Waals surface area contributed by atoms with Crippen LogP contribution in [-0.4, -0.2) is 16.7 Å². The van der Waals surface area contributed by atoms with E-state index in [1.54, 1.807) is 12.4 Å². The Balaban J connectivity index is 2.01. The zero-order valence-electron chi connectivity index (χ0n) is 11.5. The van der Waals surface area contributed by atoms with Crippen LogP contribution in [0.25, 0.3) is 0 Å². The van der Waals surface area contributed by atoms with Gasteiger partial charge in [-0.25, -0.2) is 0 Å². The van der Waals surface area contributed by atoms with Gasteiger partial charge in [0.2, 0.25) is 0 Å². The van der Waals surface area contributed by atoms with E-state index < -0.39 is 0 Å². The number of aromatic nitrogens is 1. The molecule has 1 N–H and O–H groups in total. The van der Waals surface area contributed by atoms with Gasteiger partial charge in [0.1, 0.15) is 12.4 Å². The average Bonchev–Trinajstić information content (AvgIpc) is 2.48. The molecule has 0 radical (unpaired) electrons. The molecule has 1 aromatic heterocycles. The highest BCUT2D eigenvalue weighted by Gasteiger charge is 1.99. The number of nitrogens with zero attached hydrogens (tertiary/aromatic N) is 1. The molecule has 0 atom stereocenters. The molecule has 0 saturated carbocycles. The van der Waals surface area contributed by atoms with Crippen molar-refractivity contribution in [2.45, 2.75) is 20.0 Å². The first-order valence-corrected chi connectivity index (χ1v) is 6.51. The first-order valence-electron chi connectivity index (χ1n) is 6.51. The van der Waals surface area contributed by atoms with E-state index in [0.29, 0.717) is 13.0 Å². The van der Waals surface area contributed by atoms with Crippen LogP contribution in [0.2, 0.25) is 0 Å². The summed E-state index contributed by atoms with van der Waals surface area (Å²) in [6, 6.07) is 9.70. The van der Waals surface area contributed by atoms with Gasteiger partial charge in [0.25, 0.3) is 0 Å². The number of aliphatic hydroxyl groups is 1. The fraction of sp³-hybridized carbons (Fsp3) is 0.235. The molecule has 0 aliphatic heterocycles. The number of rotatable bonds is 4. The van der Waals surface area contributed by atoms with E-state index in [1.165, 1.54) is 0 Å². The van der Waals surface area contributed by atoms with Crippen molar-refractivity contribution in [2.24, 2.45) is 0 Å². The van der Waals surface area contributed by atoms with Gasteiger partial charge in [-0.05, 0) is 48.4 Å². The number of benzene rings is 1. The number of hydrogen-bond acceptors (Lipinski definition) is 3. The fourth-order valence-electron chi connectivity index (χ4n) is 1.73. The highest BCUT2D eigenvalue weighted by atomic mass is 16.5. The monoisotopic (exact) mass is 267 g/mol. The summed E-state index contributed by atoms with van der Waals surface area (Å²) in [6.45, 7) is 2.62. The van der Waals surface area contributed by atoms with Crippen molar-refractivity contribution in [3.05, 3.63) is 59.4 Å². The van der Waals surface area contributed by atoms with Gasteiger partial charge in [0.15, 0.2) is 0 Å². The molecule has 0 bridgehead atoms. The SMILES string of the molecule is Cc1cc(OCc2ccncc2)ccc1C#CCCO. The zero-order chi connectivity index (χ0) is 14.2. The van der Waals surface area contributed by atoms with Gasteiger partial charge in [-0.3, -0.25) is 4.98 Å². The molecular formula is C17H17NO2. The zero-order valence-corrected chi connectivity index (χ0v) is 11.5. The third-order valence-corrected chi connectivity index (χ3v) is 2.81. The molecule has 0 spiro atoms. The molecule has 0 aliphatic carbocycles. The van der Waals surface area contributed by atoms with Gasteiger partial charge >= 0.3 is 0 Å². The molecule has 3 nitrogen and oxygen atoms in total. The lowest BCUT2D eigenvalue weighted by atomic mass is 10.1. The summed E-state index contributed by atoms with van der Waals surface area (Å²) in [4.78, 5) is 3.97. The Morgan fingerprint density at radius 3 is 2.70 bits per heavy atom. The topological polar surface area (TPSA) is 42.4 Å². The van der Waals surface area contributed by atoms with Gasteiger partial charge in [-0.2, -0.15) is 0 Å². The standard InChI is InChI=1S/C17H17NO2/c1-14-12-17(6-5-16(14)4-2-3-11-19)20-13-15-7-9-18-10-8-15/h5-10,12,19H,3,11,13H2,1H3. The maximum absolute atomic E-state index is 8.71. The van der Waals surface area contributed by atoms with Crippen molar-refractivity contribution in [3.8, 4) is 17.6 Å². The minimum atomic E-state index is 0.0964. The van der Waals surface area contributed by atoms with Crippen LogP contribution in [0.1, 0.15) is 23.1 Å². The maximum atomic E-state index is 8.71. The number of ether oxygens (including phenoxy) is 1. The van der Waals surface area contributed by atoms with E-state index in [1.807, 2.05) is 37.3 Å². The summed E-state index contributed by atoms with van der Waals surface area (Å²) < 4.78 is 5.74. The number of aliphatic hydroxyl groups excluding tert-OH is 1. The summed E-state index contributed by atoms with van der Waals surface area (Å²) in [5, 5.41) is 8.71. The summed E-state index contributed by atoms with van der Waals surface area (Å²) in [7, 11) is 0. The van der Waals surface area contributed by atoms with E-state index in [0.717, 1.165) is 22.4 Å². The molecule has 102 valence electrons. The van der Waals surface area contributed by atoms with Crippen molar-refractivity contribution < 1.29 is 9.84 Å². The van der Waals surface area contributed by atoms with Crippen molar-refractivity contribution in [2.75, 3.05) is 6.61 Å². The highest BCUT2D eigenvalue weighted by Crippen LogP contribution is 2.17. The first-order chi connectivity index (χ1) is 9.79. The lowest BCUT2D eigenvalue weighted by molar-refractivity contribution is 0.305. The van der Waals surface area contributed by atoms with E-state index in [-0.39, 0.29) is 6.61 Å². The van der Waals surface area contributed by atoms with E-state index in [9.17, 15) is 0 Å². The first kappa shape index (κ1) is 14.1. The summed E-state index contributed by atoms with van der Waals surface area (Å²) in [6.07, 6.45) is 4.01. The molecule has 0 unspecified atom stereocenters. The molecule has 0 fully saturated rings. The minimum Gasteiger partial charge on any atom is -0.489 e. The third-order valence-electron chi connectivity index (χ3n) is 2.81. The smallest absolute Gasteiger partial charge is 0.120 e. The quantitative estimate of drug-likeness (QED) is 0.866. The predicted octanol–water partition coefficient (Wildman–Crippen LogP) is 2.70. The second-order valence-corrected chi connectivity index (χ2v) is 4.40. The Morgan fingerprint density at radius 2 is 2.00 bits per heavy atom.